The van der Waals surface area contributed by atoms with Crippen molar-refractivity contribution in [2.75, 3.05) is 50.2 Å². The van der Waals surface area contributed by atoms with E-state index < -0.39 is 285 Å². The fourth-order valence-electron chi connectivity index (χ4n) is 14.7. The van der Waals surface area contributed by atoms with Crippen LogP contribution in [-0.2, 0) is 90.6 Å². The summed E-state index contributed by atoms with van der Waals surface area (Å²) >= 11 is 2.14. The summed E-state index contributed by atoms with van der Waals surface area (Å²) in [6.45, 7) is -4.21. The first-order chi connectivity index (χ1) is 53.1. The molecular formula is C67H98N6O36S2. The summed E-state index contributed by atoms with van der Waals surface area (Å²) in [5.41, 5.74) is 7.64. The summed E-state index contributed by atoms with van der Waals surface area (Å²) in [7, 11) is 0. The Morgan fingerprint density at radius 3 is 1.15 bits per heavy atom. The number of benzene rings is 1. The standard InChI is InChI=1S/C67H98N6O36S2/c1-2-3-4-5-25(68)29(80)10-22-8-23-11-24(9-22)70-14-38-73-27(21-111-38)60(95)71-12-31-54-40(82)47(89)62(97-31)106-56-33(16-75)101-66(51(93)44(56)86)107-57-34(17-76)98-63(48(90)41(57)83)103-53-30(7-6-28(79)26-20-110-37(72-26)13-69-23)96-61(46(88)39(53)81)105-55-32(15-74)100-65(50(92)43(55)85)109-59-36(19-78)102-67(52(94)45(59)87)108-58-35(18-77)99-64(104-54)49(91)42(58)84/h8-9,11,20-21,25,30-36,39-59,61-67,69-70,74-78,81-94H,2-7,10,12-19,68H2,1H3,(H,71,95)/t25-,30?,31?,32?,33?,34?,35?,36?,39?,40?,41?,42?,43?,44?,45?,46?,47?,48?,49?,50?,51?,52?,53+,54+,55+,56+,57+,58+,59+,61+,62+,63+,64+,65+,66+,67+/m0/s1. The number of nitrogens with zero attached hydrogens (tertiary/aromatic N) is 2. The van der Waals surface area contributed by atoms with Gasteiger partial charge in [0.1, 0.15) is 186 Å². The van der Waals surface area contributed by atoms with Gasteiger partial charge in [-0.1, -0.05) is 26.2 Å². The van der Waals surface area contributed by atoms with Crippen LogP contribution in [0.2, 0.25) is 0 Å². The zero-order valence-electron chi connectivity index (χ0n) is 59.5. The largest absolute Gasteiger partial charge is 0.394 e. The summed E-state index contributed by atoms with van der Waals surface area (Å²) in [4.78, 5) is 51.2. The summed E-state index contributed by atoms with van der Waals surface area (Å²) in [6, 6.07) is 4.42. The van der Waals surface area contributed by atoms with Crippen LogP contribution in [-0.4, -0.2) is 385 Å². The van der Waals surface area contributed by atoms with Gasteiger partial charge in [-0.15, -0.1) is 22.7 Å². The lowest BCUT2D eigenvalue weighted by Crippen LogP contribution is -2.68. The Bertz CT molecular complexity index is 3450. The molecule has 0 saturated carbocycles. The van der Waals surface area contributed by atoms with Gasteiger partial charge < -0.3 is 185 Å². The number of amides is 1. The first-order valence-electron chi connectivity index (χ1n) is 36.5. The van der Waals surface area contributed by atoms with Crippen LogP contribution in [0.15, 0.2) is 29.0 Å². The second-order valence-electron chi connectivity index (χ2n) is 28.6. The highest BCUT2D eigenvalue weighted by atomic mass is 32.1. The number of unbranched alkanes of at least 4 members (excludes halogenated alkanes) is 2. The molecule has 624 valence electrons. The van der Waals surface area contributed by atoms with E-state index in [1.165, 1.54) is 10.8 Å². The van der Waals surface area contributed by atoms with E-state index in [9.17, 15) is 111 Å². The monoisotopic (exact) mass is 1630 g/mol. The lowest BCUT2D eigenvalue weighted by Gasteiger charge is -2.50. The number of thiazole rings is 2. The van der Waals surface area contributed by atoms with E-state index in [0.29, 0.717) is 33.4 Å². The van der Waals surface area contributed by atoms with Crippen LogP contribution < -0.4 is 21.7 Å². The summed E-state index contributed by atoms with van der Waals surface area (Å²) in [6.07, 6.45) is -71.1. The zero-order chi connectivity index (χ0) is 79.5. The van der Waals surface area contributed by atoms with Gasteiger partial charge in [-0.2, -0.15) is 0 Å². The molecule has 24 N–H and O–H groups in total. The molecule has 42 nitrogen and oxygen atoms in total. The molecule has 24 aliphatic rings. The van der Waals surface area contributed by atoms with Crippen molar-refractivity contribution in [2.24, 2.45) is 5.73 Å². The fraction of sp³-hybridized carbons (Fsp3) is 0.776. The van der Waals surface area contributed by atoms with Gasteiger partial charge in [0, 0.05) is 41.5 Å². The Kier molecular flexibility index (Phi) is 29.3. The fourth-order valence-corrected chi connectivity index (χ4v) is 16.1. The highest BCUT2D eigenvalue weighted by Gasteiger charge is 2.60. The van der Waals surface area contributed by atoms with Gasteiger partial charge in [-0.25, -0.2) is 9.97 Å². The third-order valence-electron chi connectivity index (χ3n) is 21.0. The Morgan fingerprint density at radius 2 is 0.775 bits per heavy atom. The number of aliphatic hydroxyl groups is 19. The van der Waals surface area contributed by atoms with Crippen LogP contribution in [0.3, 0.4) is 0 Å². The summed E-state index contributed by atoms with van der Waals surface area (Å²) in [5, 5.41) is 232. The molecule has 1 amide bonds. The molecule has 44 heteroatoms. The smallest absolute Gasteiger partial charge is 0.270 e. The van der Waals surface area contributed by atoms with Crippen molar-refractivity contribution >= 4 is 51.5 Å². The number of anilines is 2. The number of nitrogens with one attached hydrogen (secondary N) is 3. The van der Waals surface area contributed by atoms with Gasteiger partial charge in [0.25, 0.3) is 5.91 Å². The van der Waals surface area contributed by atoms with Crippen molar-refractivity contribution < 1.29 is 178 Å². The molecule has 21 fully saturated rings. The first-order valence-corrected chi connectivity index (χ1v) is 38.3. The second-order valence-corrected chi connectivity index (χ2v) is 30.5. The van der Waals surface area contributed by atoms with Crippen molar-refractivity contribution in [3.05, 3.63) is 55.9 Å². The molecule has 111 heavy (non-hydrogen) atoms. The number of carbonyl (C=O) groups excluding carboxylic acids is 3. The van der Waals surface area contributed by atoms with Crippen LogP contribution in [0.4, 0.5) is 11.4 Å². The predicted octanol–water partition coefficient (Wildman–Crippen LogP) is -9.65. The third kappa shape index (κ3) is 18.9. The highest BCUT2D eigenvalue weighted by Crippen LogP contribution is 2.40. The minimum absolute atomic E-state index is 0.00636. The van der Waals surface area contributed by atoms with Gasteiger partial charge in [0.2, 0.25) is 0 Å². The number of aliphatic hydroxyl groups excluding tert-OH is 19. The number of Topliss-reactive ketones (excluding diaryl/α,β-unsaturated/α-hetero) is 2. The minimum atomic E-state index is -2.32. The second kappa shape index (κ2) is 37.9. The Hall–Kier alpha value is -4.47. The Balaban J connectivity index is 0.921. The van der Waals surface area contributed by atoms with Crippen molar-refractivity contribution in [1.29, 1.82) is 0 Å². The van der Waals surface area contributed by atoms with Gasteiger partial charge in [-0.05, 0) is 36.6 Å². The first kappa shape index (κ1) is 85.9. The average molecular weight is 1630 g/mol. The van der Waals surface area contributed by atoms with Crippen LogP contribution in [0, 0.1) is 0 Å². The van der Waals surface area contributed by atoms with Crippen LogP contribution in [0.1, 0.15) is 82.0 Å². The average Bonchev–Trinajstić information content (AvgIpc) is 1.53. The van der Waals surface area contributed by atoms with Crippen molar-refractivity contribution in [1.82, 2.24) is 15.3 Å². The number of hydrogen-bond acceptors (Lipinski definition) is 43. The maximum absolute atomic E-state index is 14.3. The Morgan fingerprint density at radius 1 is 0.441 bits per heavy atom. The molecule has 21 saturated heterocycles. The minimum Gasteiger partial charge on any atom is -0.394 e. The number of nitrogens with two attached hydrogens (primary N) is 1. The molecule has 2 aromatic heterocycles. The number of ketones is 2. The number of aromatic nitrogens is 2. The SMILES string of the molecule is CCCCC[C@H](N)C(=O)Cc1cc2cc(c1)NCc1nc(cs1)C(=O)NCC1O[C@@H]3O[C@@H]4C(CO)O[C@H](O[C@@H]5C(CO)O[C@H](O[C@@H]6C(CCC(=O)c7csc(n7)CN2)O[C@H](O[C@@H]2C(CO)O[C@H](O[C@@H]7C(CO)O[C@H](O[C@@H]8C(CO)O[C@H](O[C@H]1C(O)C3O)C(O)C8O)C(O)C7O)C(O)C2O)C(O)C6O)C(O)C5O)C(O)C4O. The van der Waals surface area contributed by atoms with E-state index in [-0.39, 0.29) is 36.7 Å². The molecule has 3 aromatic rings. The quantitative estimate of drug-likeness (QED) is 0.0749. The lowest BCUT2D eigenvalue weighted by molar-refractivity contribution is -0.396. The maximum atomic E-state index is 14.3. The molecule has 1 aromatic carbocycles. The predicted molar refractivity (Wildman–Crippen MR) is 366 cm³/mol. The molecule has 24 aliphatic heterocycles. The number of ether oxygens (including phenoxy) is 14. The molecule has 22 bridgehead atoms. The van der Waals surface area contributed by atoms with E-state index in [4.69, 9.17) is 72.0 Å². The highest BCUT2D eigenvalue weighted by molar-refractivity contribution is 7.10. The molecule has 0 aliphatic carbocycles. The van der Waals surface area contributed by atoms with Gasteiger partial charge in [-0.3, -0.25) is 14.4 Å². The molecule has 36 atom stereocenters. The third-order valence-corrected chi connectivity index (χ3v) is 22.7. The van der Waals surface area contributed by atoms with Gasteiger partial charge >= 0.3 is 0 Å². The molecule has 21 unspecified atom stereocenters. The molecule has 0 spiro atoms. The van der Waals surface area contributed by atoms with Gasteiger partial charge in [0.05, 0.1) is 58.3 Å². The van der Waals surface area contributed by atoms with Crippen LogP contribution in [0.25, 0.3) is 0 Å². The molecular weight excluding hydrogens is 1530 g/mol. The molecule has 0 radical (unpaired) electrons. The van der Waals surface area contributed by atoms with E-state index in [2.05, 4.69) is 25.9 Å². The van der Waals surface area contributed by atoms with Gasteiger partial charge in [0.15, 0.2) is 55.6 Å². The van der Waals surface area contributed by atoms with Crippen LogP contribution in [0.5, 0.6) is 0 Å². The zero-order valence-corrected chi connectivity index (χ0v) is 61.1. The van der Waals surface area contributed by atoms with E-state index in [1.807, 2.05) is 6.92 Å². The van der Waals surface area contributed by atoms with Crippen molar-refractivity contribution in [3.8, 4) is 0 Å². The number of carbonyl (C=O) groups is 3. The number of rotatable bonds is 12. The lowest BCUT2D eigenvalue weighted by atomic mass is 9.93. The van der Waals surface area contributed by atoms with E-state index in [1.54, 1.807) is 18.2 Å². The van der Waals surface area contributed by atoms with Crippen molar-refractivity contribution in [3.63, 3.8) is 0 Å². The topological polar surface area (TPSA) is 653 Å². The van der Waals surface area contributed by atoms with Crippen LogP contribution >= 0.6 is 22.7 Å². The Labute approximate surface area is 639 Å². The number of hydrogen-bond donors (Lipinski definition) is 23. The molecule has 27 rings (SSSR count). The van der Waals surface area contributed by atoms with Crippen molar-refractivity contribution in [2.45, 2.75) is 286 Å². The molecule has 26 heterocycles. The summed E-state index contributed by atoms with van der Waals surface area (Å²) in [5.74, 6) is -1.74. The van der Waals surface area contributed by atoms with E-state index >= 15 is 0 Å². The normalized spacial score (nSPS) is 43.4. The maximum Gasteiger partial charge on any atom is 0.270 e. The summed E-state index contributed by atoms with van der Waals surface area (Å²) < 4.78 is 83.7. The van der Waals surface area contributed by atoms with E-state index in [0.717, 1.165) is 41.9 Å².